The first kappa shape index (κ1) is 15.1. The van der Waals surface area contributed by atoms with E-state index >= 15 is 0 Å². The fourth-order valence-electron chi connectivity index (χ4n) is 3.63. The highest BCUT2D eigenvalue weighted by Crippen LogP contribution is 2.34. The molecule has 0 radical (unpaired) electrons. The Hall–Kier alpha value is -2.47. The zero-order valence-electron chi connectivity index (χ0n) is 13.5. The largest absolute Gasteiger partial charge is 0.444 e. The Bertz CT molecular complexity index is 747. The molecule has 0 spiro atoms. The van der Waals surface area contributed by atoms with Gasteiger partial charge in [0.1, 0.15) is 12.3 Å². The van der Waals surface area contributed by atoms with Crippen molar-refractivity contribution in [1.29, 1.82) is 0 Å². The molecule has 2 aliphatic rings. The standard InChI is InChI=1S/C18H19N3O3/c1-12-7-19-16(24-12)11-21-17(22)14-9-20(10-15(14)18(21)23)8-13-5-3-2-4-6-13/h2-7,14-15H,8-11H2,1H3/t14-,15-/m1/s1. The number of imide groups is 1. The molecule has 0 bridgehead atoms. The lowest BCUT2D eigenvalue weighted by Gasteiger charge is -2.19. The second kappa shape index (κ2) is 5.87. The molecule has 2 amide bonds. The van der Waals surface area contributed by atoms with Gasteiger partial charge in [0, 0.05) is 19.6 Å². The topological polar surface area (TPSA) is 66.7 Å². The van der Waals surface area contributed by atoms with Crippen molar-refractivity contribution in [3.05, 3.63) is 53.7 Å². The van der Waals surface area contributed by atoms with Crippen LogP contribution >= 0.6 is 0 Å². The number of carbonyl (C=O) groups excluding carboxylic acids is 2. The van der Waals surface area contributed by atoms with Gasteiger partial charge in [0.25, 0.3) is 0 Å². The third kappa shape index (κ3) is 2.63. The molecule has 124 valence electrons. The van der Waals surface area contributed by atoms with E-state index in [1.54, 1.807) is 13.1 Å². The van der Waals surface area contributed by atoms with Crippen LogP contribution < -0.4 is 0 Å². The SMILES string of the molecule is Cc1cnc(CN2C(=O)[C@@H]3CN(Cc4ccccc4)C[C@H]3C2=O)o1. The zero-order valence-corrected chi connectivity index (χ0v) is 13.5. The Kier molecular flexibility index (Phi) is 3.69. The lowest BCUT2D eigenvalue weighted by molar-refractivity contribution is -0.141. The monoisotopic (exact) mass is 325 g/mol. The predicted molar refractivity (Wildman–Crippen MR) is 85.5 cm³/mol. The third-order valence-corrected chi connectivity index (χ3v) is 4.77. The molecule has 2 aromatic rings. The Morgan fingerprint density at radius 3 is 2.33 bits per heavy atom. The van der Waals surface area contributed by atoms with Gasteiger partial charge in [0.2, 0.25) is 17.7 Å². The van der Waals surface area contributed by atoms with Gasteiger partial charge in [-0.15, -0.1) is 0 Å². The van der Waals surface area contributed by atoms with Gasteiger partial charge in [-0.05, 0) is 12.5 Å². The molecule has 1 aromatic heterocycles. The summed E-state index contributed by atoms with van der Waals surface area (Å²) in [6, 6.07) is 10.1. The second-order valence-corrected chi connectivity index (χ2v) is 6.52. The molecule has 24 heavy (non-hydrogen) atoms. The second-order valence-electron chi connectivity index (χ2n) is 6.52. The van der Waals surface area contributed by atoms with Crippen molar-refractivity contribution in [3.8, 4) is 0 Å². The molecule has 0 unspecified atom stereocenters. The van der Waals surface area contributed by atoms with Crippen molar-refractivity contribution >= 4 is 11.8 Å². The number of oxazole rings is 1. The van der Waals surface area contributed by atoms with Crippen molar-refractivity contribution in [3.63, 3.8) is 0 Å². The highest BCUT2D eigenvalue weighted by atomic mass is 16.4. The molecule has 2 aliphatic heterocycles. The summed E-state index contributed by atoms with van der Waals surface area (Å²) in [5.41, 5.74) is 1.20. The molecular formula is C18H19N3O3. The summed E-state index contributed by atoms with van der Waals surface area (Å²) < 4.78 is 5.40. The maximum absolute atomic E-state index is 12.6. The predicted octanol–water partition coefficient (Wildman–Crippen LogP) is 1.60. The van der Waals surface area contributed by atoms with E-state index < -0.39 is 0 Å². The third-order valence-electron chi connectivity index (χ3n) is 4.77. The van der Waals surface area contributed by atoms with Crippen molar-refractivity contribution in [1.82, 2.24) is 14.8 Å². The van der Waals surface area contributed by atoms with Crippen LogP contribution in [0.15, 0.2) is 40.9 Å². The van der Waals surface area contributed by atoms with Gasteiger partial charge < -0.3 is 4.42 Å². The number of nitrogens with zero attached hydrogens (tertiary/aromatic N) is 3. The van der Waals surface area contributed by atoms with Crippen LogP contribution in [0.25, 0.3) is 0 Å². The maximum Gasteiger partial charge on any atom is 0.234 e. The maximum atomic E-state index is 12.6. The summed E-state index contributed by atoms with van der Waals surface area (Å²) in [6.45, 7) is 3.96. The Labute approximate surface area is 140 Å². The van der Waals surface area contributed by atoms with Gasteiger partial charge >= 0.3 is 0 Å². The van der Waals surface area contributed by atoms with Crippen LogP contribution in [0.4, 0.5) is 0 Å². The van der Waals surface area contributed by atoms with Gasteiger partial charge in [0.05, 0.1) is 18.0 Å². The van der Waals surface area contributed by atoms with Crippen LogP contribution in [0.2, 0.25) is 0 Å². The molecule has 3 heterocycles. The first-order valence-electron chi connectivity index (χ1n) is 8.14. The average Bonchev–Trinajstić information content (AvgIpc) is 3.23. The van der Waals surface area contributed by atoms with Crippen LogP contribution in [-0.4, -0.2) is 39.7 Å². The number of hydrogen-bond donors (Lipinski definition) is 0. The highest BCUT2D eigenvalue weighted by Gasteiger charge is 2.52. The molecule has 6 nitrogen and oxygen atoms in total. The summed E-state index contributed by atoms with van der Waals surface area (Å²) in [7, 11) is 0. The van der Waals surface area contributed by atoms with Crippen LogP contribution in [-0.2, 0) is 22.7 Å². The van der Waals surface area contributed by atoms with Crippen molar-refractivity contribution < 1.29 is 14.0 Å². The van der Waals surface area contributed by atoms with Gasteiger partial charge in [-0.2, -0.15) is 0 Å². The fraction of sp³-hybridized carbons (Fsp3) is 0.389. The number of benzene rings is 1. The Morgan fingerprint density at radius 1 is 1.08 bits per heavy atom. The molecule has 4 rings (SSSR count). The van der Waals surface area contributed by atoms with Gasteiger partial charge in [0.15, 0.2) is 0 Å². The minimum atomic E-state index is -0.239. The molecule has 0 saturated carbocycles. The first-order chi connectivity index (χ1) is 11.6. The van der Waals surface area contributed by atoms with E-state index in [1.165, 1.54) is 10.5 Å². The van der Waals surface area contributed by atoms with E-state index in [2.05, 4.69) is 22.0 Å². The number of rotatable bonds is 4. The number of fused-ring (bicyclic) bond motifs is 1. The van der Waals surface area contributed by atoms with Crippen LogP contribution in [0.5, 0.6) is 0 Å². The molecule has 2 atom stereocenters. The summed E-state index contributed by atoms with van der Waals surface area (Å²) >= 11 is 0. The minimum absolute atomic E-state index is 0.101. The van der Waals surface area contributed by atoms with E-state index in [1.807, 2.05) is 18.2 Å². The summed E-state index contributed by atoms with van der Waals surface area (Å²) in [4.78, 5) is 32.8. The van der Waals surface area contributed by atoms with E-state index in [0.29, 0.717) is 24.7 Å². The number of amides is 2. The first-order valence-corrected chi connectivity index (χ1v) is 8.14. The van der Waals surface area contributed by atoms with Gasteiger partial charge in [-0.3, -0.25) is 19.4 Å². The summed E-state index contributed by atoms with van der Waals surface area (Å²) in [5.74, 6) is 0.413. The number of likely N-dealkylation sites (tertiary alicyclic amines) is 2. The van der Waals surface area contributed by atoms with Gasteiger partial charge in [-0.25, -0.2) is 4.98 Å². The molecule has 0 aliphatic carbocycles. The van der Waals surface area contributed by atoms with Crippen LogP contribution in [0.3, 0.4) is 0 Å². The molecule has 2 saturated heterocycles. The summed E-state index contributed by atoms with van der Waals surface area (Å²) in [6.07, 6.45) is 1.60. The summed E-state index contributed by atoms with van der Waals surface area (Å²) in [5, 5.41) is 0. The number of carbonyl (C=O) groups is 2. The van der Waals surface area contributed by atoms with Crippen molar-refractivity contribution in [2.45, 2.75) is 20.0 Å². The highest BCUT2D eigenvalue weighted by molar-refractivity contribution is 6.05. The Balaban J connectivity index is 1.44. The molecule has 1 aromatic carbocycles. The van der Waals surface area contributed by atoms with E-state index in [0.717, 1.165) is 6.54 Å². The minimum Gasteiger partial charge on any atom is -0.444 e. The zero-order chi connectivity index (χ0) is 16.7. The smallest absolute Gasteiger partial charge is 0.234 e. The Morgan fingerprint density at radius 2 is 1.75 bits per heavy atom. The molecule has 6 heteroatoms. The number of aryl methyl sites for hydroxylation is 1. The van der Waals surface area contributed by atoms with E-state index in [4.69, 9.17) is 4.42 Å². The quantitative estimate of drug-likeness (QED) is 0.799. The number of hydrogen-bond acceptors (Lipinski definition) is 5. The van der Waals surface area contributed by atoms with Gasteiger partial charge in [-0.1, -0.05) is 30.3 Å². The van der Waals surface area contributed by atoms with Crippen molar-refractivity contribution in [2.24, 2.45) is 11.8 Å². The van der Waals surface area contributed by atoms with Crippen molar-refractivity contribution in [2.75, 3.05) is 13.1 Å². The van der Waals surface area contributed by atoms with E-state index in [-0.39, 0.29) is 30.2 Å². The fourth-order valence-corrected chi connectivity index (χ4v) is 3.63. The molecular weight excluding hydrogens is 306 g/mol. The molecule has 2 fully saturated rings. The molecule has 0 N–H and O–H groups in total. The lowest BCUT2D eigenvalue weighted by atomic mass is 10.00. The van der Waals surface area contributed by atoms with Crippen LogP contribution in [0.1, 0.15) is 17.2 Å². The van der Waals surface area contributed by atoms with Crippen LogP contribution in [0, 0.1) is 18.8 Å². The lowest BCUT2D eigenvalue weighted by Crippen LogP contribution is -2.35. The normalized spacial score (nSPS) is 24.0. The van der Waals surface area contributed by atoms with E-state index in [9.17, 15) is 9.59 Å². The number of aromatic nitrogens is 1. The average molecular weight is 325 g/mol.